The summed E-state index contributed by atoms with van der Waals surface area (Å²) in [5, 5.41) is 2.83. The van der Waals surface area contributed by atoms with Crippen molar-refractivity contribution in [2.75, 3.05) is 0 Å². The highest BCUT2D eigenvalue weighted by molar-refractivity contribution is 5.94. The molecule has 0 spiro atoms. The minimum Gasteiger partial charge on any atom is -0.345 e. The van der Waals surface area contributed by atoms with E-state index in [9.17, 15) is 18.0 Å². The number of amides is 1. The summed E-state index contributed by atoms with van der Waals surface area (Å²) in [6.45, 7) is 4.08. The van der Waals surface area contributed by atoms with E-state index >= 15 is 0 Å². The van der Waals surface area contributed by atoms with Gasteiger partial charge >= 0.3 is 6.18 Å². The number of benzene rings is 2. The Labute approximate surface area is 145 Å². The van der Waals surface area contributed by atoms with Crippen molar-refractivity contribution in [3.05, 3.63) is 70.8 Å². The lowest BCUT2D eigenvalue weighted by Crippen LogP contribution is -2.32. The molecule has 3 nitrogen and oxygen atoms in total. The van der Waals surface area contributed by atoms with Gasteiger partial charge in [-0.05, 0) is 41.3 Å². The van der Waals surface area contributed by atoms with Gasteiger partial charge in [0, 0.05) is 12.1 Å². The molecule has 0 heterocycles. The monoisotopic (exact) mass is 350 g/mol. The number of nitrogens with two attached hydrogens (primary N) is 1. The third-order valence-corrected chi connectivity index (χ3v) is 3.98. The molecule has 0 aliphatic rings. The summed E-state index contributed by atoms with van der Waals surface area (Å²) < 4.78 is 38.8. The first-order chi connectivity index (χ1) is 11.7. The number of alkyl halides is 3. The van der Waals surface area contributed by atoms with Gasteiger partial charge in [0.15, 0.2) is 0 Å². The molecule has 6 heteroatoms. The normalized spacial score (nSPS) is 12.9. The van der Waals surface area contributed by atoms with E-state index in [0.29, 0.717) is 17.7 Å². The van der Waals surface area contributed by atoms with Crippen LogP contribution in [-0.2, 0) is 12.7 Å². The van der Waals surface area contributed by atoms with Crippen LogP contribution in [-0.4, -0.2) is 5.91 Å². The molecule has 2 rings (SSSR count). The largest absolute Gasteiger partial charge is 0.416 e. The van der Waals surface area contributed by atoms with Gasteiger partial charge in [0.25, 0.3) is 5.91 Å². The zero-order chi connectivity index (χ0) is 18.6. The Kier molecular flexibility index (Phi) is 5.85. The molecule has 1 atom stereocenters. The van der Waals surface area contributed by atoms with Gasteiger partial charge < -0.3 is 11.1 Å². The van der Waals surface area contributed by atoms with Gasteiger partial charge in [-0.1, -0.05) is 38.1 Å². The van der Waals surface area contributed by atoms with Crippen molar-refractivity contribution >= 4 is 5.91 Å². The van der Waals surface area contributed by atoms with Crippen LogP contribution in [0.3, 0.4) is 0 Å². The highest BCUT2D eigenvalue weighted by Gasteiger charge is 2.31. The molecule has 2 aromatic carbocycles. The number of halogens is 3. The van der Waals surface area contributed by atoms with E-state index in [1.54, 1.807) is 30.3 Å². The minimum absolute atomic E-state index is 0.0734. The van der Waals surface area contributed by atoms with E-state index < -0.39 is 17.8 Å². The Bertz CT molecular complexity index is 724. The van der Waals surface area contributed by atoms with Gasteiger partial charge in [-0.15, -0.1) is 0 Å². The fraction of sp³-hybridized carbons (Fsp3) is 0.316. The molecule has 0 aliphatic carbocycles. The van der Waals surface area contributed by atoms with E-state index in [1.165, 1.54) is 6.07 Å². The van der Waals surface area contributed by atoms with Crippen molar-refractivity contribution in [2.24, 2.45) is 11.7 Å². The van der Waals surface area contributed by atoms with Gasteiger partial charge in [-0.2, -0.15) is 13.2 Å². The van der Waals surface area contributed by atoms with Crippen LogP contribution in [0.15, 0.2) is 48.5 Å². The van der Waals surface area contributed by atoms with Crippen LogP contribution in [0, 0.1) is 5.92 Å². The lowest BCUT2D eigenvalue weighted by Gasteiger charge is -2.24. The summed E-state index contributed by atoms with van der Waals surface area (Å²) >= 11 is 0. The Balaban J connectivity index is 2.25. The van der Waals surface area contributed by atoms with E-state index in [4.69, 9.17) is 5.73 Å². The molecule has 0 saturated heterocycles. The van der Waals surface area contributed by atoms with Crippen LogP contribution < -0.4 is 11.1 Å². The van der Waals surface area contributed by atoms with Gasteiger partial charge in [0.2, 0.25) is 0 Å². The molecule has 1 amide bonds. The molecule has 0 aromatic heterocycles. The van der Waals surface area contributed by atoms with Crippen LogP contribution in [0.25, 0.3) is 0 Å². The first-order valence-corrected chi connectivity index (χ1v) is 7.99. The van der Waals surface area contributed by atoms with Crippen molar-refractivity contribution in [3.8, 4) is 0 Å². The average Bonchev–Trinajstić information content (AvgIpc) is 2.58. The highest BCUT2D eigenvalue weighted by Crippen LogP contribution is 2.32. The van der Waals surface area contributed by atoms with E-state index in [0.717, 1.165) is 17.7 Å². The van der Waals surface area contributed by atoms with Crippen molar-refractivity contribution in [2.45, 2.75) is 32.6 Å². The van der Waals surface area contributed by atoms with Crippen molar-refractivity contribution in [1.82, 2.24) is 5.32 Å². The molecule has 134 valence electrons. The summed E-state index contributed by atoms with van der Waals surface area (Å²) in [7, 11) is 0. The van der Waals surface area contributed by atoms with Crippen molar-refractivity contribution in [1.29, 1.82) is 0 Å². The second-order valence-corrected chi connectivity index (χ2v) is 6.22. The third-order valence-electron chi connectivity index (χ3n) is 3.98. The molecular weight excluding hydrogens is 329 g/mol. The van der Waals surface area contributed by atoms with Crippen LogP contribution in [0.2, 0.25) is 0 Å². The number of hydrogen-bond donors (Lipinski definition) is 2. The smallest absolute Gasteiger partial charge is 0.345 e. The zero-order valence-electron chi connectivity index (χ0n) is 14.1. The molecule has 3 N–H and O–H groups in total. The third kappa shape index (κ3) is 4.82. The van der Waals surface area contributed by atoms with Crippen LogP contribution in [0.5, 0.6) is 0 Å². The predicted molar refractivity (Wildman–Crippen MR) is 90.8 cm³/mol. The maximum Gasteiger partial charge on any atom is 0.416 e. The summed E-state index contributed by atoms with van der Waals surface area (Å²) in [5.74, 6) is -0.407. The van der Waals surface area contributed by atoms with Crippen LogP contribution in [0.4, 0.5) is 13.2 Å². The predicted octanol–water partition coefficient (Wildman–Crippen LogP) is 4.29. The zero-order valence-corrected chi connectivity index (χ0v) is 14.1. The Hall–Kier alpha value is -2.34. The number of carbonyl (C=O) groups is 1. The standard InChI is InChI=1S/C19H21F3N2O/c1-12(2)17(15-4-3-5-16(10-15)19(20,21)22)24-18(25)14-8-6-13(11-23)7-9-14/h3-10,12,17H,11,23H2,1-2H3,(H,24,25). The quantitative estimate of drug-likeness (QED) is 0.845. The SMILES string of the molecule is CC(C)C(NC(=O)c1ccc(CN)cc1)c1cccc(C(F)(F)F)c1. The molecule has 25 heavy (non-hydrogen) atoms. The maximum absolute atomic E-state index is 12.9. The van der Waals surface area contributed by atoms with Crippen LogP contribution in [0.1, 0.15) is 46.9 Å². The number of nitrogens with one attached hydrogen (secondary N) is 1. The number of rotatable bonds is 5. The fourth-order valence-corrected chi connectivity index (χ4v) is 2.56. The summed E-state index contributed by atoms with van der Waals surface area (Å²) in [6.07, 6.45) is -4.42. The Morgan fingerprint density at radius 1 is 1.12 bits per heavy atom. The van der Waals surface area contributed by atoms with E-state index in [1.807, 2.05) is 13.8 Å². The fourth-order valence-electron chi connectivity index (χ4n) is 2.56. The molecular formula is C19H21F3N2O. The van der Waals surface area contributed by atoms with Gasteiger partial charge in [0.1, 0.15) is 0 Å². The molecule has 0 aliphatic heterocycles. The molecule has 0 fully saturated rings. The highest BCUT2D eigenvalue weighted by atomic mass is 19.4. The summed E-state index contributed by atoms with van der Waals surface area (Å²) in [5.41, 5.74) is 6.57. The summed E-state index contributed by atoms with van der Waals surface area (Å²) in [4.78, 5) is 12.4. The maximum atomic E-state index is 12.9. The second-order valence-electron chi connectivity index (χ2n) is 6.22. The van der Waals surface area contributed by atoms with Gasteiger partial charge in [0.05, 0.1) is 11.6 Å². The number of carbonyl (C=O) groups excluding carboxylic acids is 1. The molecule has 0 radical (unpaired) electrons. The average molecular weight is 350 g/mol. The topological polar surface area (TPSA) is 55.1 Å². The molecule has 0 bridgehead atoms. The minimum atomic E-state index is -4.42. The Morgan fingerprint density at radius 2 is 1.76 bits per heavy atom. The molecule has 2 aromatic rings. The number of hydrogen-bond acceptors (Lipinski definition) is 2. The first kappa shape index (κ1) is 19.0. The van der Waals surface area contributed by atoms with E-state index in [-0.39, 0.29) is 11.8 Å². The van der Waals surface area contributed by atoms with E-state index in [2.05, 4.69) is 5.32 Å². The second kappa shape index (κ2) is 7.70. The summed E-state index contributed by atoms with van der Waals surface area (Å²) in [6, 6.07) is 11.4. The van der Waals surface area contributed by atoms with Crippen molar-refractivity contribution in [3.63, 3.8) is 0 Å². The lowest BCUT2D eigenvalue weighted by atomic mass is 9.94. The van der Waals surface area contributed by atoms with Gasteiger partial charge in [-0.3, -0.25) is 4.79 Å². The van der Waals surface area contributed by atoms with Crippen molar-refractivity contribution < 1.29 is 18.0 Å². The lowest BCUT2D eigenvalue weighted by molar-refractivity contribution is -0.137. The van der Waals surface area contributed by atoms with Crippen LogP contribution >= 0.6 is 0 Å². The Morgan fingerprint density at radius 3 is 2.28 bits per heavy atom. The first-order valence-electron chi connectivity index (χ1n) is 7.99. The molecule has 1 unspecified atom stereocenters. The molecule has 0 saturated carbocycles. The van der Waals surface area contributed by atoms with Gasteiger partial charge in [-0.25, -0.2) is 0 Å².